The average molecular weight is 250 g/mol. The molecule has 1 heterocycles. The maximum atomic E-state index is 5.58. The van der Waals surface area contributed by atoms with Crippen molar-refractivity contribution in [1.82, 2.24) is 9.97 Å². The van der Waals surface area contributed by atoms with Crippen LogP contribution in [0.2, 0.25) is 0 Å². The SMILES string of the molecule is CCOCCc1nc2c(c(NN)n1)CCCCC2. The van der Waals surface area contributed by atoms with Gasteiger partial charge in [0.05, 0.1) is 6.61 Å². The van der Waals surface area contributed by atoms with Gasteiger partial charge < -0.3 is 10.2 Å². The zero-order valence-electron chi connectivity index (χ0n) is 11.0. The van der Waals surface area contributed by atoms with Gasteiger partial charge in [0.2, 0.25) is 0 Å². The number of nitrogens with two attached hydrogens (primary N) is 1. The molecule has 1 aromatic rings. The molecule has 5 heteroatoms. The van der Waals surface area contributed by atoms with Crippen LogP contribution in [0.25, 0.3) is 0 Å². The van der Waals surface area contributed by atoms with Crippen LogP contribution in [0.3, 0.4) is 0 Å². The van der Waals surface area contributed by atoms with Crippen molar-refractivity contribution in [2.75, 3.05) is 18.6 Å². The lowest BCUT2D eigenvalue weighted by molar-refractivity contribution is 0.149. The number of fused-ring (bicyclic) bond motifs is 1. The van der Waals surface area contributed by atoms with E-state index in [0.29, 0.717) is 6.61 Å². The molecule has 5 nitrogen and oxygen atoms in total. The molecule has 18 heavy (non-hydrogen) atoms. The lowest BCUT2D eigenvalue weighted by Crippen LogP contribution is -2.16. The maximum Gasteiger partial charge on any atom is 0.147 e. The Morgan fingerprint density at radius 3 is 2.83 bits per heavy atom. The molecule has 1 aliphatic rings. The second-order valence-electron chi connectivity index (χ2n) is 4.57. The van der Waals surface area contributed by atoms with Gasteiger partial charge in [0.1, 0.15) is 11.6 Å². The molecule has 0 amide bonds. The molecule has 0 aliphatic heterocycles. The number of aryl methyl sites for hydroxylation is 1. The van der Waals surface area contributed by atoms with Crippen molar-refractivity contribution in [1.29, 1.82) is 0 Å². The number of aromatic nitrogens is 2. The molecular formula is C13H22N4O. The van der Waals surface area contributed by atoms with Crippen LogP contribution in [0, 0.1) is 0 Å². The first-order chi connectivity index (χ1) is 8.85. The summed E-state index contributed by atoms with van der Waals surface area (Å²) in [6.07, 6.45) is 6.47. The number of nitrogens with zero attached hydrogens (tertiary/aromatic N) is 2. The van der Waals surface area contributed by atoms with Crippen molar-refractivity contribution in [2.24, 2.45) is 5.84 Å². The Kier molecular flexibility index (Phi) is 4.90. The van der Waals surface area contributed by atoms with Gasteiger partial charge in [0, 0.05) is 24.3 Å². The van der Waals surface area contributed by atoms with Crippen LogP contribution in [0.4, 0.5) is 5.82 Å². The van der Waals surface area contributed by atoms with Crippen LogP contribution in [0.1, 0.15) is 43.3 Å². The maximum absolute atomic E-state index is 5.58. The number of hydrazine groups is 1. The minimum absolute atomic E-state index is 0.666. The summed E-state index contributed by atoms with van der Waals surface area (Å²) in [4.78, 5) is 9.16. The van der Waals surface area contributed by atoms with Crippen LogP contribution in [-0.2, 0) is 24.0 Å². The molecule has 1 aromatic heterocycles. The van der Waals surface area contributed by atoms with E-state index < -0.39 is 0 Å². The van der Waals surface area contributed by atoms with Crippen LogP contribution < -0.4 is 11.3 Å². The number of nitrogens with one attached hydrogen (secondary N) is 1. The third-order valence-corrected chi connectivity index (χ3v) is 3.29. The van der Waals surface area contributed by atoms with Gasteiger partial charge in [-0.05, 0) is 32.6 Å². The standard InChI is InChI=1S/C13H22N4O/c1-2-18-9-8-12-15-11-7-5-3-4-6-10(11)13(16-12)17-14/h2-9,14H2,1H3,(H,15,16,17). The fourth-order valence-electron chi connectivity index (χ4n) is 2.36. The quantitative estimate of drug-likeness (QED) is 0.359. The minimum atomic E-state index is 0.666. The van der Waals surface area contributed by atoms with Crippen molar-refractivity contribution in [2.45, 2.75) is 45.4 Å². The summed E-state index contributed by atoms with van der Waals surface area (Å²) in [6, 6.07) is 0. The lowest BCUT2D eigenvalue weighted by Gasteiger charge is -2.12. The summed E-state index contributed by atoms with van der Waals surface area (Å²) in [6.45, 7) is 3.39. The first kappa shape index (κ1) is 13.2. The Hall–Kier alpha value is -1.20. The topological polar surface area (TPSA) is 73.1 Å². The lowest BCUT2D eigenvalue weighted by atomic mass is 10.1. The van der Waals surface area contributed by atoms with E-state index in [9.17, 15) is 0 Å². The molecule has 0 unspecified atom stereocenters. The van der Waals surface area contributed by atoms with Gasteiger partial charge in [-0.3, -0.25) is 0 Å². The first-order valence-corrected chi connectivity index (χ1v) is 6.78. The molecule has 3 N–H and O–H groups in total. The molecule has 0 saturated carbocycles. The van der Waals surface area contributed by atoms with Crippen molar-refractivity contribution in [3.05, 3.63) is 17.1 Å². The van der Waals surface area contributed by atoms with Crippen molar-refractivity contribution < 1.29 is 4.74 Å². The molecule has 0 saturated heterocycles. The zero-order valence-corrected chi connectivity index (χ0v) is 11.0. The van der Waals surface area contributed by atoms with Gasteiger partial charge in [0.25, 0.3) is 0 Å². The van der Waals surface area contributed by atoms with Crippen LogP contribution in [0.15, 0.2) is 0 Å². The first-order valence-electron chi connectivity index (χ1n) is 6.78. The number of anilines is 1. The number of hydrogen-bond acceptors (Lipinski definition) is 5. The molecule has 0 bridgehead atoms. The Bertz CT molecular complexity index is 395. The predicted molar refractivity (Wildman–Crippen MR) is 71.3 cm³/mol. The number of rotatable bonds is 5. The molecule has 0 radical (unpaired) electrons. The molecule has 2 rings (SSSR count). The molecule has 0 spiro atoms. The van der Waals surface area contributed by atoms with E-state index in [1.807, 2.05) is 6.92 Å². The highest BCUT2D eigenvalue weighted by molar-refractivity contribution is 5.46. The zero-order chi connectivity index (χ0) is 12.8. The highest BCUT2D eigenvalue weighted by Crippen LogP contribution is 2.24. The van der Waals surface area contributed by atoms with Crippen molar-refractivity contribution in [3.63, 3.8) is 0 Å². The summed E-state index contributed by atoms with van der Waals surface area (Å²) in [7, 11) is 0. The largest absolute Gasteiger partial charge is 0.381 e. The van der Waals surface area contributed by atoms with Gasteiger partial charge in [-0.1, -0.05) is 6.42 Å². The molecule has 100 valence electrons. The second-order valence-corrected chi connectivity index (χ2v) is 4.57. The van der Waals surface area contributed by atoms with E-state index >= 15 is 0 Å². The van der Waals surface area contributed by atoms with Gasteiger partial charge in [-0.2, -0.15) is 0 Å². The Morgan fingerprint density at radius 2 is 2.06 bits per heavy atom. The summed E-state index contributed by atoms with van der Waals surface area (Å²) in [5.41, 5.74) is 5.09. The summed E-state index contributed by atoms with van der Waals surface area (Å²) < 4.78 is 5.35. The summed E-state index contributed by atoms with van der Waals surface area (Å²) in [5, 5.41) is 0. The minimum Gasteiger partial charge on any atom is -0.381 e. The van der Waals surface area contributed by atoms with E-state index in [-0.39, 0.29) is 0 Å². The highest BCUT2D eigenvalue weighted by atomic mass is 16.5. The number of hydrogen-bond donors (Lipinski definition) is 2. The van der Waals surface area contributed by atoms with E-state index in [1.54, 1.807) is 0 Å². The molecule has 1 aliphatic carbocycles. The Balaban J connectivity index is 2.19. The molecular weight excluding hydrogens is 228 g/mol. The van der Waals surface area contributed by atoms with E-state index in [0.717, 1.165) is 37.5 Å². The van der Waals surface area contributed by atoms with Gasteiger partial charge in [-0.15, -0.1) is 0 Å². The van der Waals surface area contributed by atoms with Crippen LogP contribution in [0.5, 0.6) is 0 Å². The smallest absolute Gasteiger partial charge is 0.147 e. The van der Waals surface area contributed by atoms with Crippen LogP contribution >= 0.6 is 0 Å². The van der Waals surface area contributed by atoms with Crippen molar-refractivity contribution in [3.8, 4) is 0 Å². The van der Waals surface area contributed by atoms with Crippen molar-refractivity contribution >= 4 is 5.82 Å². The van der Waals surface area contributed by atoms with E-state index in [2.05, 4.69) is 15.4 Å². The monoisotopic (exact) mass is 250 g/mol. The highest BCUT2D eigenvalue weighted by Gasteiger charge is 2.16. The summed E-state index contributed by atoms with van der Waals surface area (Å²) >= 11 is 0. The molecule has 0 fully saturated rings. The third-order valence-electron chi connectivity index (χ3n) is 3.29. The average Bonchev–Trinajstić information content (AvgIpc) is 2.63. The fourth-order valence-corrected chi connectivity index (χ4v) is 2.36. The van der Waals surface area contributed by atoms with E-state index in [1.165, 1.54) is 30.5 Å². The molecule has 0 aromatic carbocycles. The van der Waals surface area contributed by atoms with Gasteiger partial charge in [-0.25, -0.2) is 15.8 Å². The Morgan fingerprint density at radius 1 is 1.22 bits per heavy atom. The Labute approximate surface area is 108 Å². The summed E-state index contributed by atoms with van der Waals surface area (Å²) in [5.74, 6) is 7.21. The second kappa shape index (κ2) is 6.66. The van der Waals surface area contributed by atoms with Gasteiger partial charge >= 0.3 is 0 Å². The van der Waals surface area contributed by atoms with Crippen LogP contribution in [-0.4, -0.2) is 23.2 Å². The predicted octanol–water partition coefficient (Wildman–Crippen LogP) is 1.61. The van der Waals surface area contributed by atoms with E-state index in [4.69, 9.17) is 10.6 Å². The number of nitrogen functional groups attached to an aromatic ring is 1. The van der Waals surface area contributed by atoms with Gasteiger partial charge in [0.15, 0.2) is 0 Å². The fraction of sp³-hybridized carbons (Fsp3) is 0.692. The molecule has 0 atom stereocenters. The number of ether oxygens (including phenoxy) is 1. The normalized spacial score (nSPS) is 15.0. The third kappa shape index (κ3) is 3.17.